The van der Waals surface area contributed by atoms with Gasteiger partial charge in [0.25, 0.3) is 5.56 Å². The third-order valence-electron chi connectivity index (χ3n) is 4.21. The van der Waals surface area contributed by atoms with Gasteiger partial charge >= 0.3 is 11.7 Å². The number of ether oxygens (including phenoxy) is 2. The highest BCUT2D eigenvalue weighted by molar-refractivity contribution is 6.02. The largest absolute Gasteiger partial charge is 0.494 e. The number of esters is 1. The van der Waals surface area contributed by atoms with E-state index in [2.05, 4.69) is 0 Å². The number of ketones is 1. The van der Waals surface area contributed by atoms with Crippen LogP contribution < -0.4 is 21.7 Å². The number of carbonyl (C=O) groups is 2. The Bertz CT molecular complexity index is 1000. The fraction of sp³-hybridized carbons (Fsp3) is 0.400. The van der Waals surface area contributed by atoms with Gasteiger partial charge < -0.3 is 15.2 Å². The van der Waals surface area contributed by atoms with Crippen LogP contribution in [-0.2, 0) is 18.3 Å². The Hall–Kier alpha value is -3.36. The van der Waals surface area contributed by atoms with Gasteiger partial charge in [0.05, 0.1) is 12.2 Å². The molecular formula is C20H25N3O6. The Morgan fingerprint density at radius 3 is 2.31 bits per heavy atom. The van der Waals surface area contributed by atoms with Gasteiger partial charge in [-0.15, -0.1) is 0 Å². The molecule has 1 aromatic heterocycles. The number of rotatable bonds is 9. The average molecular weight is 403 g/mol. The molecule has 9 heteroatoms. The summed E-state index contributed by atoms with van der Waals surface area (Å²) in [6.07, 6.45) is 1.45. The van der Waals surface area contributed by atoms with Gasteiger partial charge in [-0.05, 0) is 37.1 Å². The molecule has 2 aromatic rings. The van der Waals surface area contributed by atoms with Crippen molar-refractivity contribution >= 4 is 17.6 Å². The fourth-order valence-corrected chi connectivity index (χ4v) is 2.68. The summed E-state index contributed by atoms with van der Waals surface area (Å²) in [7, 11) is 1.27. The zero-order valence-corrected chi connectivity index (χ0v) is 16.8. The number of nitrogens with zero attached hydrogens (tertiary/aromatic N) is 2. The lowest BCUT2D eigenvalue weighted by Gasteiger charge is -2.14. The van der Waals surface area contributed by atoms with Crippen LogP contribution in [0.25, 0.3) is 0 Å². The second-order valence-corrected chi connectivity index (χ2v) is 6.43. The van der Waals surface area contributed by atoms with Gasteiger partial charge in [0.2, 0.25) is 5.78 Å². The highest BCUT2D eigenvalue weighted by Gasteiger charge is 2.22. The minimum Gasteiger partial charge on any atom is -0.494 e. The summed E-state index contributed by atoms with van der Waals surface area (Å²) in [5, 5.41) is 0. The van der Waals surface area contributed by atoms with Crippen molar-refractivity contribution in [2.24, 2.45) is 7.05 Å². The van der Waals surface area contributed by atoms with E-state index in [1.807, 2.05) is 13.8 Å². The highest BCUT2D eigenvalue weighted by Crippen LogP contribution is 2.14. The topological polar surface area (TPSA) is 123 Å². The van der Waals surface area contributed by atoms with Crippen LogP contribution in [-0.4, -0.2) is 34.1 Å². The first kappa shape index (κ1) is 21.9. The van der Waals surface area contributed by atoms with Crippen LogP contribution in [0.1, 0.15) is 47.4 Å². The third-order valence-corrected chi connectivity index (χ3v) is 4.21. The first-order valence-corrected chi connectivity index (χ1v) is 9.34. The number of aromatic nitrogens is 2. The minimum atomic E-state index is -0.821. The van der Waals surface area contributed by atoms with Gasteiger partial charge in [-0.3, -0.25) is 18.7 Å². The molecule has 0 spiro atoms. The Labute approximate surface area is 167 Å². The molecule has 29 heavy (non-hydrogen) atoms. The lowest BCUT2D eigenvalue weighted by atomic mass is 10.2. The van der Waals surface area contributed by atoms with E-state index < -0.39 is 29.6 Å². The normalized spacial score (nSPS) is 10.6. The Balaban J connectivity index is 2.16. The van der Waals surface area contributed by atoms with Gasteiger partial charge in [-0.2, -0.15) is 0 Å². The number of benzene rings is 1. The van der Waals surface area contributed by atoms with E-state index in [-0.39, 0.29) is 23.5 Å². The lowest BCUT2D eigenvalue weighted by molar-refractivity contribution is 0.0474. The summed E-state index contributed by atoms with van der Waals surface area (Å²) in [5.74, 6) is -1.10. The van der Waals surface area contributed by atoms with E-state index >= 15 is 0 Å². The molecular weight excluding hydrogens is 378 g/mol. The molecule has 2 N–H and O–H groups in total. The van der Waals surface area contributed by atoms with Crippen molar-refractivity contribution in [3.63, 3.8) is 0 Å². The van der Waals surface area contributed by atoms with Gasteiger partial charge in [0.1, 0.15) is 17.1 Å². The van der Waals surface area contributed by atoms with E-state index in [1.165, 1.54) is 19.2 Å². The molecule has 0 saturated heterocycles. The smallest absolute Gasteiger partial charge is 0.338 e. The van der Waals surface area contributed by atoms with Crippen molar-refractivity contribution in [1.29, 1.82) is 0 Å². The highest BCUT2D eigenvalue weighted by atomic mass is 16.5. The molecule has 0 bridgehead atoms. The van der Waals surface area contributed by atoms with Crippen molar-refractivity contribution in [2.75, 3.05) is 18.9 Å². The number of Topliss-reactive ketones (excluding diaryl/α,β-unsaturated/α-hetero) is 1. The van der Waals surface area contributed by atoms with E-state index in [4.69, 9.17) is 15.2 Å². The van der Waals surface area contributed by atoms with E-state index in [0.29, 0.717) is 18.8 Å². The number of carbonyl (C=O) groups excluding carboxylic acids is 2. The van der Waals surface area contributed by atoms with Gasteiger partial charge in [0, 0.05) is 13.6 Å². The zero-order chi connectivity index (χ0) is 21.6. The Morgan fingerprint density at radius 1 is 1.07 bits per heavy atom. The number of nitrogen functional groups attached to an aromatic ring is 1. The van der Waals surface area contributed by atoms with Gasteiger partial charge in [-0.25, -0.2) is 9.59 Å². The summed E-state index contributed by atoms with van der Waals surface area (Å²) in [6.45, 7) is 3.97. The fourth-order valence-electron chi connectivity index (χ4n) is 2.68. The Morgan fingerprint density at radius 2 is 1.72 bits per heavy atom. The first-order chi connectivity index (χ1) is 13.8. The van der Waals surface area contributed by atoms with Crippen molar-refractivity contribution in [2.45, 2.75) is 33.2 Å². The van der Waals surface area contributed by atoms with E-state index in [0.717, 1.165) is 15.6 Å². The molecule has 0 saturated carbocycles. The van der Waals surface area contributed by atoms with Gasteiger partial charge in [-0.1, -0.05) is 13.8 Å². The van der Waals surface area contributed by atoms with E-state index in [9.17, 15) is 19.2 Å². The molecule has 1 aromatic carbocycles. The second-order valence-electron chi connectivity index (χ2n) is 6.43. The van der Waals surface area contributed by atoms with Crippen molar-refractivity contribution in [1.82, 2.24) is 9.13 Å². The number of hydrogen-bond donors (Lipinski definition) is 1. The predicted molar refractivity (Wildman–Crippen MR) is 107 cm³/mol. The van der Waals surface area contributed by atoms with Crippen LogP contribution >= 0.6 is 0 Å². The SMILES string of the molecule is CCCOc1ccc(C(=O)OCC(=O)c2c(N)n(CCC)c(=O)n(C)c2=O)cc1. The van der Waals surface area contributed by atoms with Crippen LogP contribution in [0.15, 0.2) is 33.9 Å². The maximum atomic E-state index is 12.5. The molecule has 0 amide bonds. The zero-order valence-electron chi connectivity index (χ0n) is 16.8. The molecule has 1 heterocycles. The molecule has 0 unspecified atom stereocenters. The molecule has 0 atom stereocenters. The van der Waals surface area contributed by atoms with E-state index in [1.54, 1.807) is 12.1 Å². The summed E-state index contributed by atoms with van der Waals surface area (Å²) in [4.78, 5) is 49.2. The summed E-state index contributed by atoms with van der Waals surface area (Å²) in [5.41, 5.74) is 4.34. The van der Waals surface area contributed by atoms with Crippen LogP contribution in [0.4, 0.5) is 5.82 Å². The molecule has 0 fully saturated rings. The number of anilines is 1. The summed E-state index contributed by atoms with van der Waals surface area (Å²) < 4.78 is 12.4. The average Bonchev–Trinajstić information content (AvgIpc) is 2.72. The van der Waals surface area contributed by atoms with Crippen molar-refractivity contribution in [3.8, 4) is 5.75 Å². The number of nitrogens with two attached hydrogens (primary N) is 1. The third kappa shape index (κ3) is 4.92. The molecule has 156 valence electrons. The molecule has 0 aliphatic carbocycles. The van der Waals surface area contributed by atoms with Crippen LogP contribution in [0.5, 0.6) is 5.75 Å². The first-order valence-electron chi connectivity index (χ1n) is 9.34. The van der Waals surface area contributed by atoms with Crippen molar-refractivity contribution < 1.29 is 19.1 Å². The molecule has 0 aliphatic heterocycles. The number of hydrogen-bond acceptors (Lipinski definition) is 7. The molecule has 0 aliphatic rings. The summed E-state index contributed by atoms with van der Waals surface area (Å²) >= 11 is 0. The van der Waals surface area contributed by atoms with Crippen LogP contribution in [0.3, 0.4) is 0 Å². The monoisotopic (exact) mass is 403 g/mol. The lowest BCUT2D eigenvalue weighted by Crippen LogP contribution is -2.43. The summed E-state index contributed by atoms with van der Waals surface area (Å²) in [6, 6.07) is 6.30. The molecule has 2 rings (SSSR count). The van der Waals surface area contributed by atoms with Crippen LogP contribution in [0.2, 0.25) is 0 Å². The van der Waals surface area contributed by atoms with Crippen molar-refractivity contribution in [3.05, 3.63) is 56.2 Å². The standard InChI is InChI=1S/C20H25N3O6/c1-4-10-23-17(21)16(18(25)22(3)20(23)27)15(24)12-29-19(26)13-6-8-14(9-7-13)28-11-5-2/h6-9H,4-5,10-12,21H2,1-3H3. The second kappa shape index (κ2) is 9.72. The maximum absolute atomic E-state index is 12.5. The molecule has 0 radical (unpaired) electrons. The Kier molecular flexibility index (Phi) is 7.35. The maximum Gasteiger partial charge on any atom is 0.338 e. The quantitative estimate of drug-likeness (QED) is 0.495. The molecule has 9 nitrogen and oxygen atoms in total. The van der Waals surface area contributed by atoms with Crippen LogP contribution in [0, 0.1) is 0 Å². The predicted octanol–water partition coefficient (Wildman–Crippen LogP) is 1.37. The minimum absolute atomic E-state index is 0.224. The van der Waals surface area contributed by atoms with Gasteiger partial charge in [0.15, 0.2) is 6.61 Å².